The second kappa shape index (κ2) is 5.39. The third-order valence-electron chi connectivity index (χ3n) is 1.89. The molecule has 0 radical (unpaired) electrons. The Balaban J connectivity index is 2.54. The van der Waals surface area contributed by atoms with Crippen molar-refractivity contribution in [3.8, 4) is 0 Å². The minimum absolute atomic E-state index is 0.0230. The number of amides is 1. The third kappa shape index (κ3) is 3.41. The van der Waals surface area contributed by atoms with E-state index >= 15 is 0 Å². The van der Waals surface area contributed by atoms with Gasteiger partial charge in [0, 0.05) is 13.2 Å². The van der Waals surface area contributed by atoms with Crippen molar-refractivity contribution in [3.63, 3.8) is 0 Å². The summed E-state index contributed by atoms with van der Waals surface area (Å²) in [7, 11) is 0. The fourth-order valence-corrected chi connectivity index (χ4v) is 1.27. The average Bonchev–Trinajstić information content (AvgIpc) is 2.55. The Kier molecular flexibility index (Phi) is 4.45. The lowest BCUT2D eigenvalue weighted by molar-refractivity contribution is 0.0938. The molecule has 1 aromatic heterocycles. The van der Waals surface area contributed by atoms with Crippen LogP contribution in [0.3, 0.4) is 0 Å². The smallest absolute Gasteiger partial charge is 0.267 e. The maximum Gasteiger partial charge on any atom is 0.267 e. The van der Waals surface area contributed by atoms with E-state index in [1.165, 1.54) is 6.07 Å². The van der Waals surface area contributed by atoms with Gasteiger partial charge < -0.3 is 15.4 Å². The number of aromatic amines is 1. The number of aliphatic hydroxyl groups is 1. The number of halogens is 2. The molecule has 1 heterocycles. The number of hydrogen-bond donors (Lipinski definition) is 3. The van der Waals surface area contributed by atoms with Crippen molar-refractivity contribution in [2.75, 3.05) is 13.2 Å². The normalized spacial score (nSPS) is 12.5. The average molecular weight is 251 g/mol. The van der Waals surface area contributed by atoms with E-state index in [-0.39, 0.29) is 23.6 Å². The van der Waals surface area contributed by atoms with Gasteiger partial charge in [0.15, 0.2) is 0 Å². The lowest BCUT2D eigenvalue weighted by Gasteiger charge is -2.08. The molecule has 1 atom stereocenters. The van der Waals surface area contributed by atoms with Crippen molar-refractivity contribution < 1.29 is 9.90 Å². The van der Waals surface area contributed by atoms with E-state index in [1.54, 1.807) is 0 Å². The van der Waals surface area contributed by atoms with Crippen LogP contribution in [0.2, 0.25) is 10.2 Å². The highest BCUT2D eigenvalue weighted by molar-refractivity contribution is 6.41. The van der Waals surface area contributed by atoms with E-state index in [4.69, 9.17) is 28.3 Å². The number of hydrogen-bond acceptors (Lipinski definition) is 2. The summed E-state index contributed by atoms with van der Waals surface area (Å²) in [5.41, 5.74) is 0.315. The molecule has 1 aromatic rings. The molecule has 15 heavy (non-hydrogen) atoms. The molecule has 84 valence electrons. The molecule has 0 fully saturated rings. The van der Waals surface area contributed by atoms with Crippen LogP contribution in [0, 0.1) is 5.92 Å². The van der Waals surface area contributed by atoms with Gasteiger partial charge in [0.2, 0.25) is 0 Å². The number of aromatic nitrogens is 1. The summed E-state index contributed by atoms with van der Waals surface area (Å²) in [4.78, 5) is 14.1. The molecule has 0 bridgehead atoms. The molecule has 0 aliphatic heterocycles. The van der Waals surface area contributed by atoms with Gasteiger partial charge in [0.05, 0.1) is 5.02 Å². The highest BCUT2D eigenvalue weighted by Crippen LogP contribution is 2.21. The molecule has 0 aromatic carbocycles. The van der Waals surface area contributed by atoms with Gasteiger partial charge in [0.1, 0.15) is 10.8 Å². The first-order valence-electron chi connectivity index (χ1n) is 4.47. The molecule has 3 N–H and O–H groups in total. The molecule has 0 saturated carbocycles. The Labute approximate surface area is 97.6 Å². The largest absolute Gasteiger partial charge is 0.396 e. The molecule has 0 saturated heterocycles. The monoisotopic (exact) mass is 250 g/mol. The van der Waals surface area contributed by atoms with Gasteiger partial charge in [0.25, 0.3) is 5.91 Å². The SMILES string of the molecule is CC(CO)CNC(=O)c1cc(Cl)c(Cl)[nH]1. The van der Waals surface area contributed by atoms with E-state index in [9.17, 15) is 4.79 Å². The zero-order valence-corrected chi connectivity index (χ0v) is 9.69. The maximum absolute atomic E-state index is 11.5. The number of H-pyrrole nitrogens is 1. The molecule has 0 aliphatic carbocycles. The number of nitrogens with one attached hydrogen (secondary N) is 2. The van der Waals surface area contributed by atoms with Gasteiger partial charge >= 0.3 is 0 Å². The first-order chi connectivity index (χ1) is 7.04. The summed E-state index contributed by atoms with van der Waals surface area (Å²) in [6, 6.07) is 1.46. The molecule has 1 rings (SSSR count). The molecule has 6 heteroatoms. The predicted octanol–water partition coefficient (Wildman–Crippen LogP) is 1.68. The Hall–Kier alpha value is -0.710. The summed E-state index contributed by atoms with van der Waals surface area (Å²) in [6.45, 7) is 2.27. The van der Waals surface area contributed by atoms with Gasteiger partial charge in [-0.3, -0.25) is 4.79 Å². The second-order valence-electron chi connectivity index (χ2n) is 3.34. The van der Waals surface area contributed by atoms with Gasteiger partial charge in [-0.25, -0.2) is 0 Å². The zero-order chi connectivity index (χ0) is 11.4. The fraction of sp³-hybridized carbons (Fsp3) is 0.444. The summed E-state index contributed by atoms with van der Waals surface area (Å²) in [6.07, 6.45) is 0. The van der Waals surface area contributed by atoms with E-state index in [1.807, 2.05) is 6.92 Å². The first-order valence-corrected chi connectivity index (χ1v) is 5.23. The molecule has 1 amide bonds. The van der Waals surface area contributed by atoms with Crippen LogP contribution in [0.15, 0.2) is 6.07 Å². The topological polar surface area (TPSA) is 65.1 Å². The number of carbonyl (C=O) groups excluding carboxylic acids is 1. The van der Waals surface area contributed by atoms with E-state index < -0.39 is 0 Å². The molecule has 0 aliphatic rings. The van der Waals surface area contributed by atoms with Crippen molar-refractivity contribution in [2.24, 2.45) is 5.92 Å². The van der Waals surface area contributed by atoms with Crippen molar-refractivity contribution in [1.82, 2.24) is 10.3 Å². The van der Waals surface area contributed by atoms with E-state index in [2.05, 4.69) is 10.3 Å². The summed E-state index contributed by atoms with van der Waals surface area (Å²) >= 11 is 11.3. The lowest BCUT2D eigenvalue weighted by Crippen LogP contribution is -2.29. The van der Waals surface area contributed by atoms with Crippen molar-refractivity contribution in [3.05, 3.63) is 21.9 Å². The number of carbonyl (C=O) groups is 1. The third-order valence-corrected chi connectivity index (χ3v) is 2.59. The van der Waals surface area contributed by atoms with Crippen molar-refractivity contribution in [2.45, 2.75) is 6.92 Å². The van der Waals surface area contributed by atoms with Crippen LogP contribution in [0.1, 0.15) is 17.4 Å². The van der Waals surface area contributed by atoms with E-state index in [0.29, 0.717) is 17.3 Å². The molecular weight excluding hydrogens is 239 g/mol. The molecular formula is C9H12Cl2N2O2. The minimum Gasteiger partial charge on any atom is -0.396 e. The Morgan fingerprint density at radius 1 is 1.67 bits per heavy atom. The fourth-order valence-electron chi connectivity index (χ4n) is 0.953. The minimum atomic E-state index is -0.288. The number of aliphatic hydroxyl groups excluding tert-OH is 1. The quantitative estimate of drug-likeness (QED) is 0.762. The molecule has 1 unspecified atom stereocenters. The van der Waals surface area contributed by atoms with Gasteiger partial charge in [-0.05, 0) is 12.0 Å². The molecule has 0 spiro atoms. The van der Waals surface area contributed by atoms with E-state index in [0.717, 1.165) is 0 Å². The van der Waals surface area contributed by atoms with Crippen LogP contribution in [0.25, 0.3) is 0 Å². The summed E-state index contributed by atoms with van der Waals surface area (Å²) < 4.78 is 0. The Bertz CT molecular complexity index is 332. The predicted molar refractivity (Wildman–Crippen MR) is 59.4 cm³/mol. The Morgan fingerprint density at radius 2 is 2.33 bits per heavy atom. The van der Waals surface area contributed by atoms with Crippen LogP contribution in [-0.4, -0.2) is 29.1 Å². The van der Waals surface area contributed by atoms with Gasteiger partial charge in [-0.1, -0.05) is 30.1 Å². The van der Waals surface area contributed by atoms with Crippen LogP contribution in [-0.2, 0) is 0 Å². The lowest BCUT2D eigenvalue weighted by atomic mass is 10.2. The standard InChI is InChI=1S/C9H12Cl2N2O2/c1-5(4-14)3-12-9(15)7-2-6(10)8(11)13-7/h2,5,13-14H,3-4H2,1H3,(H,12,15). The zero-order valence-electron chi connectivity index (χ0n) is 8.18. The van der Waals surface area contributed by atoms with Crippen LogP contribution in [0.5, 0.6) is 0 Å². The first kappa shape index (κ1) is 12.4. The highest BCUT2D eigenvalue weighted by Gasteiger charge is 2.11. The highest BCUT2D eigenvalue weighted by atomic mass is 35.5. The summed E-state index contributed by atoms with van der Waals surface area (Å²) in [5, 5.41) is 12.0. The van der Waals surface area contributed by atoms with Gasteiger partial charge in [-0.2, -0.15) is 0 Å². The van der Waals surface area contributed by atoms with Crippen molar-refractivity contribution >= 4 is 29.1 Å². The number of rotatable bonds is 4. The van der Waals surface area contributed by atoms with Crippen LogP contribution in [0.4, 0.5) is 0 Å². The maximum atomic E-state index is 11.5. The Morgan fingerprint density at radius 3 is 2.80 bits per heavy atom. The molecule has 4 nitrogen and oxygen atoms in total. The van der Waals surface area contributed by atoms with Crippen LogP contribution < -0.4 is 5.32 Å². The van der Waals surface area contributed by atoms with Crippen LogP contribution >= 0.6 is 23.2 Å². The van der Waals surface area contributed by atoms with Gasteiger partial charge in [-0.15, -0.1) is 0 Å². The summed E-state index contributed by atoms with van der Waals surface area (Å²) in [5.74, 6) is -0.265. The van der Waals surface area contributed by atoms with Crippen molar-refractivity contribution in [1.29, 1.82) is 0 Å². The second-order valence-corrected chi connectivity index (χ2v) is 4.13.